The fourth-order valence-electron chi connectivity index (χ4n) is 1.60. The van der Waals surface area contributed by atoms with Crippen LogP contribution in [0, 0.1) is 0 Å². The van der Waals surface area contributed by atoms with Crippen molar-refractivity contribution in [2.45, 2.75) is 52.0 Å². The van der Waals surface area contributed by atoms with E-state index in [0.29, 0.717) is 18.3 Å². The molecule has 1 aromatic rings. The molecular formula is C10H19N3O. The maximum absolute atomic E-state index is 5.43. The van der Waals surface area contributed by atoms with Crippen molar-refractivity contribution in [3.63, 3.8) is 0 Å². The summed E-state index contributed by atoms with van der Waals surface area (Å²) in [6.07, 6.45) is 4.51. The lowest BCUT2D eigenvalue weighted by Gasteiger charge is -2.08. The van der Waals surface area contributed by atoms with Crippen LogP contribution < -0.4 is 5.73 Å². The number of hydrogen-bond acceptors (Lipinski definition) is 4. The Bertz CT molecular complexity index is 254. The third-order valence-electron chi connectivity index (χ3n) is 2.29. The van der Waals surface area contributed by atoms with Crippen LogP contribution in [0.2, 0.25) is 0 Å². The molecule has 0 aliphatic carbocycles. The monoisotopic (exact) mass is 197 g/mol. The zero-order valence-electron chi connectivity index (χ0n) is 8.99. The predicted molar refractivity (Wildman–Crippen MR) is 54.7 cm³/mol. The summed E-state index contributed by atoms with van der Waals surface area (Å²) in [6.45, 7) is 4.69. The fraction of sp³-hybridized carbons (Fsp3) is 0.800. The maximum atomic E-state index is 5.43. The molecule has 0 saturated carbocycles. The molecule has 0 unspecified atom stereocenters. The summed E-state index contributed by atoms with van der Waals surface area (Å²) in [5, 5.41) is 3.81. The van der Waals surface area contributed by atoms with Gasteiger partial charge in [0.05, 0.1) is 6.54 Å². The lowest BCUT2D eigenvalue weighted by Crippen LogP contribution is -2.01. The van der Waals surface area contributed by atoms with Gasteiger partial charge in [-0.05, 0) is 12.8 Å². The molecule has 1 rings (SSSR count). The second-order valence-corrected chi connectivity index (χ2v) is 3.53. The normalized spacial score (nSPS) is 11.1. The van der Waals surface area contributed by atoms with Gasteiger partial charge in [-0.25, -0.2) is 0 Å². The fourth-order valence-corrected chi connectivity index (χ4v) is 1.60. The Hall–Kier alpha value is -0.900. The van der Waals surface area contributed by atoms with Crippen LogP contribution >= 0.6 is 0 Å². The summed E-state index contributed by atoms with van der Waals surface area (Å²) in [4.78, 5) is 4.26. The van der Waals surface area contributed by atoms with Crippen molar-refractivity contribution in [2.24, 2.45) is 5.73 Å². The first-order chi connectivity index (χ1) is 6.81. The summed E-state index contributed by atoms with van der Waals surface area (Å²) in [6, 6.07) is 0. The van der Waals surface area contributed by atoms with Crippen LogP contribution in [0.25, 0.3) is 0 Å². The molecular weight excluding hydrogens is 178 g/mol. The van der Waals surface area contributed by atoms with E-state index in [2.05, 4.69) is 24.0 Å². The number of aromatic nitrogens is 2. The van der Waals surface area contributed by atoms with Gasteiger partial charge in [0.2, 0.25) is 5.89 Å². The minimum Gasteiger partial charge on any atom is -0.339 e. The van der Waals surface area contributed by atoms with Gasteiger partial charge in [-0.3, -0.25) is 0 Å². The molecule has 0 bridgehead atoms. The van der Waals surface area contributed by atoms with Crippen molar-refractivity contribution < 1.29 is 4.52 Å². The molecule has 4 nitrogen and oxygen atoms in total. The van der Waals surface area contributed by atoms with E-state index in [-0.39, 0.29) is 0 Å². The van der Waals surface area contributed by atoms with Crippen molar-refractivity contribution in [1.29, 1.82) is 0 Å². The second-order valence-electron chi connectivity index (χ2n) is 3.53. The van der Waals surface area contributed by atoms with Crippen LogP contribution in [-0.4, -0.2) is 10.1 Å². The Balaban J connectivity index is 2.65. The average Bonchev–Trinajstić information content (AvgIpc) is 2.65. The van der Waals surface area contributed by atoms with Gasteiger partial charge in [0.1, 0.15) is 0 Å². The molecule has 0 aliphatic heterocycles. The van der Waals surface area contributed by atoms with E-state index < -0.39 is 0 Å². The van der Waals surface area contributed by atoms with Gasteiger partial charge in [-0.1, -0.05) is 31.8 Å². The van der Waals surface area contributed by atoms with Gasteiger partial charge in [0.25, 0.3) is 0 Å². The third-order valence-corrected chi connectivity index (χ3v) is 2.29. The molecule has 80 valence electrons. The highest BCUT2D eigenvalue weighted by atomic mass is 16.5. The zero-order valence-corrected chi connectivity index (χ0v) is 8.99. The smallest absolute Gasteiger partial charge is 0.229 e. The lowest BCUT2D eigenvalue weighted by atomic mass is 9.98. The Labute approximate surface area is 84.9 Å². The molecule has 0 amide bonds. The van der Waals surface area contributed by atoms with Crippen LogP contribution in [0.1, 0.15) is 57.2 Å². The number of nitrogens with zero attached hydrogens (tertiary/aromatic N) is 2. The standard InChI is InChI=1S/C10H19N3O/c1-3-5-8(6-4-2)10-12-9(7-11)13-14-10/h8H,3-7,11H2,1-2H3. The average molecular weight is 197 g/mol. The van der Waals surface area contributed by atoms with Crippen molar-refractivity contribution in [3.05, 3.63) is 11.7 Å². The van der Waals surface area contributed by atoms with Crippen LogP contribution in [-0.2, 0) is 6.54 Å². The van der Waals surface area contributed by atoms with E-state index in [1.807, 2.05) is 0 Å². The molecule has 0 fully saturated rings. The summed E-state index contributed by atoms with van der Waals surface area (Å²) < 4.78 is 5.18. The van der Waals surface area contributed by atoms with Crippen molar-refractivity contribution in [2.75, 3.05) is 0 Å². The third kappa shape index (κ3) is 2.80. The molecule has 0 spiro atoms. The molecule has 1 heterocycles. The molecule has 0 atom stereocenters. The van der Waals surface area contributed by atoms with Gasteiger partial charge in [-0.2, -0.15) is 4.98 Å². The van der Waals surface area contributed by atoms with Gasteiger partial charge >= 0.3 is 0 Å². The topological polar surface area (TPSA) is 64.9 Å². The number of rotatable bonds is 6. The Morgan fingerprint density at radius 3 is 2.36 bits per heavy atom. The van der Waals surface area contributed by atoms with E-state index in [9.17, 15) is 0 Å². The van der Waals surface area contributed by atoms with E-state index >= 15 is 0 Å². The molecule has 0 saturated heterocycles. The molecule has 0 aliphatic rings. The van der Waals surface area contributed by atoms with Crippen molar-refractivity contribution in [1.82, 2.24) is 10.1 Å². The molecule has 2 N–H and O–H groups in total. The van der Waals surface area contributed by atoms with E-state index in [1.165, 1.54) is 0 Å². The van der Waals surface area contributed by atoms with Crippen molar-refractivity contribution in [3.8, 4) is 0 Å². The maximum Gasteiger partial charge on any atom is 0.229 e. The largest absolute Gasteiger partial charge is 0.339 e. The van der Waals surface area contributed by atoms with Crippen molar-refractivity contribution >= 4 is 0 Å². The Kier molecular flexibility index (Phi) is 4.59. The second kappa shape index (κ2) is 5.75. The lowest BCUT2D eigenvalue weighted by molar-refractivity contribution is 0.334. The minimum absolute atomic E-state index is 0.356. The number of nitrogens with two attached hydrogens (primary N) is 1. The summed E-state index contributed by atoms with van der Waals surface area (Å²) in [5.74, 6) is 1.78. The van der Waals surface area contributed by atoms with Crippen LogP contribution in [0.5, 0.6) is 0 Å². The SMILES string of the molecule is CCCC(CCC)c1nc(CN)no1. The highest BCUT2D eigenvalue weighted by Crippen LogP contribution is 2.24. The first-order valence-electron chi connectivity index (χ1n) is 5.34. The summed E-state index contributed by atoms with van der Waals surface area (Å²) in [5.41, 5.74) is 5.43. The molecule has 4 heteroatoms. The highest BCUT2D eigenvalue weighted by Gasteiger charge is 2.16. The Morgan fingerprint density at radius 1 is 1.29 bits per heavy atom. The van der Waals surface area contributed by atoms with Gasteiger partial charge in [0.15, 0.2) is 5.82 Å². The predicted octanol–water partition coefficient (Wildman–Crippen LogP) is 2.21. The molecule has 1 aromatic heterocycles. The van der Waals surface area contributed by atoms with Gasteiger partial charge in [-0.15, -0.1) is 0 Å². The summed E-state index contributed by atoms with van der Waals surface area (Å²) >= 11 is 0. The quantitative estimate of drug-likeness (QED) is 0.759. The van der Waals surface area contributed by atoms with E-state index in [1.54, 1.807) is 0 Å². The highest BCUT2D eigenvalue weighted by molar-refractivity contribution is 4.93. The number of hydrogen-bond donors (Lipinski definition) is 1. The van der Waals surface area contributed by atoms with Gasteiger partial charge < -0.3 is 10.3 Å². The molecule has 14 heavy (non-hydrogen) atoms. The molecule has 0 aromatic carbocycles. The van der Waals surface area contributed by atoms with Crippen LogP contribution in [0.15, 0.2) is 4.52 Å². The summed E-state index contributed by atoms with van der Waals surface area (Å²) in [7, 11) is 0. The van der Waals surface area contributed by atoms with Crippen LogP contribution in [0.4, 0.5) is 0 Å². The first kappa shape index (κ1) is 11.2. The van der Waals surface area contributed by atoms with Crippen LogP contribution in [0.3, 0.4) is 0 Å². The molecule has 0 radical (unpaired) electrons. The zero-order chi connectivity index (χ0) is 10.4. The minimum atomic E-state index is 0.356. The van der Waals surface area contributed by atoms with Gasteiger partial charge in [0, 0.05) is 5.92 Å². The Morgan fingerprint density at radius 2 is 1.93 bits per heavy atom. The first-order valence-corrected chi connectivity index (χ1v) is 5.34. The van der Waals surface area contributed by atoms with E-state index in [4.69, 9.17) is 10.3 Å². The van der Waals surface area contributed by atoms with E-state index in [0.717, 1.165) is 31.6 Å².